The third kappa shape index (κ3) is 8.39. The van der Waals surface area contributed by atoms with Gasteiger partial charge in [-0.25, -0.2) is 9.59 Å². The van der Waals surface area contributed by atoms with E-state index in [-0.39, 0.29) is 12.1 Å². The third-order valence-electron chi connectivity index (χ3n) is 10.1. The average Bonchev–Trinajstić information content (AvgIpc) is 3.75. The molecule has 8 heteroatoms. The van der Waals surface area contributed by atoms with E-state index in [1.165, 1.54) is 25.7 Å². The second-order valence-corrected chi connectivity index (χ2v) is 13.8. The molecule has 8 nitrogen and oxygen atoms in total. The molecule has 0 bridgehead atoms. The summed E-state index contributed by atoms with van der Waals surface area (Å²) in [6, 6.07) is 16.9. The van der Waals surface area contributed by atoms with Crippen molar-refractivity contribution in [2.75, 3.05) is 61.7 Å². The first kappa shape index (κ1) is 32.0. The van der Waals surface area contributed by atoms with Crippen molar-refractivity contribution in [1.29, 1.82) is 0 Å². The van der Waals surface area contributed by atoms with Gasteiger partial charge in [0.1, 0.15) is 0 Å². The quantitative estimate of drug-likeness (QED) is 0.290. The Hall–Kier alpha value is -3.42. The third-order valence-corrected chi connectivity index (χ3v) is 10.1. The van der Waals surface area contributed by atoms with Crippen molar-refractivity contribution in [3.63, 3.8) is 0 Å². The second kappa shape index (κ2) is 15.0. The lowest BCUT2D eigenvalue weighted by Gasteiger charge is -2.39. The standard InChI is InChI=1S/C36H54N6O2/c1-39(2)31-20-16-29(17-21-31)37-35(43)41(33-12-5-6-13-33)25-27-10-9-11-28(24-27)26-42(34-14-7-8-15-34)36(44)38-30-18-22-32(23-19-30)40(3)4/h16-23,27-28,33-34H,5-15,24-26H2,1-4H3,(H,37,43)(H,38,44). The molecule has 3 fully saturated rings. The lowest BCUT2D eigenvalue weighted by atomic mass is 9.80. The van der Waals surface area contributed by atoms with Crippen LogP contribution in [0.1, 0.15) is 77.0 Å². The number of hydrogen-bond donors (Lipinski definition) is 2. The molecule has 0 aliphatic heterocycles. The van der Waals surface area contributed by atoms with Crippen molar-refractivity contribution in [1.82, 2.24) is 9.80 Å². The number of anilines is 4. The Labute approximate surface area is 265 Å². The van der Waals surface area contributed by atoms with E-state index in [1.54, 1.807) is 0 Å². The van der Waals surface area contributed by atoms with Crippen LogP contribution in [-0.2, 0) is 0 Å². The molecule has 3 saturated carbocycles. The number of benzene rings is 2. The van der Waals surface area contributed by atoms with Crippen LogP contribution >= 0.6 is 0 Å². The molecule has 2 unspecified atom stereocenters. The molecule has 0 saturated heterocycles. The fourth-order valence-electron chi connectivity index (χ4n) is 7.59. The highest BCUT2D eigenvalue weighted by Crippen LogP contribution is 2.35. The van der Waals surface area contributed by atoms with E-state index >= 15 is 0 Å². The smallest absolute Gasteiger partial charge is 0.322 e. The molecule has 0 aromatic heterocycles. The van der Waals surface area contributed by atoms with Gasteiger partial charge in [0.05, 0.1) is 0 Å². The number of amides is 4. The predicted octanol–water partition coefficient (Wildman–Crippen LogP) is 7.88. The van der Waals surface area contributed by atoms with Gasteiger partial charge in [-0.1, -0.05) is 32.1 Å². The molecule has 2 atom stereocenters. The summed E-state index contributed by atoms with van der Waals surface area (Å²) < 4.78 is 0. The van der Waals surface area contributed by atoms with Gasteiger partial charge in [0.25, 0.3) is 0 Å². The number of carbonyl (C=O) groups excluding carboxylic acids is 2. The molecular formula is C36H54N6O2. The number of nitrogens with one attached hydrogen (secondary N) is 2. The zero-order chi connectivity index (χ0) is 31.1. The van der Waals surface area contributed by atoms with E-state index in [4.69, 9.17) is 0 Å². The Morgan fingerprint density at radius 3 is 1.27 bits per heavy atom. The van der Waals surface area contributed by atoms with Gasteiger partial charge in [0, 0.05) is 76.1 Å². The molecule has 0 spiro atoms. The lowest BCUT2D eigenvalue weighted by molar-refractivity contribution is 0.128. The zero-order valence-electron chi connectivity index (χ0n) is 27.4. The molecule has 44 heavy (non-hydrogen) atoms. The van der Waals surface area contributed by atoms with E-state index < -0.39 is 0 Å². The Bertz CT molecular complexity index is 1110. The summed E-state index contributed by atoms with van der Waals surface area (Å²) in [6.07, 6.45) is 13.7. The van der Waals surface area contributed by atoms with Crippen molar-refractivity contribution in [2.45, 2.75) is 89.1 Å². The SMILES string of the molecule is CN(C)c1ccc(NC(=O)N(CC2CCCC(CN(C(=O)Nc3ccc(N(C)C)cc3)C3CCCC3)C2)C2CCCC2)cc1. The van der Waals surface area contributed by atoms with Gasteiger partial charge in [-0.3, -0.25) is 0 Å². The summed E-state index contributed by atoms with van der Waals surface area (Å²) in [6.45, 7) is 1.60. The van der Waals surface area contributed by atoms with Crippen LogP contribution in [0, 0.1) is 11.8 Å². The fraction of sp³-hybridized carbons (Fsp3) is 0.611. The molecule has 5 rings (SSSR count). The Kier molecular flexibility index (Phi) is 10.9. The van der Waals surface area contributed by atoms with Crippen LogP contribution in [0.2, 0.25) is 0 Å². The largest absolute Gasteiger partial charge is 0.378 e. The molecule has 0 heterocycles. The van der Waals surface area contributed by atoms with Gasteiger partial charge >= 0.3 is 12.1 Å². The maximum absolute atomic E-state index is 13.7. The minimum Gasteiger partial charge on any atom is -0.378 e. The molecular weight excluding hydrogens is 548 g/mol. The molecule has 2 aromatic rings. The van der Waals surface area contributed by atoms with Gasteiger partial charge in [-0.2, -0.15) is 0 Å². The summed E-state index contributed by atoms with van der Waals surface area (Å²) in [5.74, 6) is 0.923. The summed E-state index contributed by atoms with van der Waals surface area (Å²) in [5.41, 5.74) is 3.93. The molecule has 2 aromatic carbocycles. The number of hydrogen-bond acceptors (Lipinski definition) is 4. The highest BCUT2D eigenvalue weighted by Gasteiger charge is 2.34. The summed E-state index contributed by atoms with van der Waals surface area (Å²) in [5, 5.41) is 6.41. The average molecular weight is 603 g/mol. The van der Waals surface area contributed by atoms with E-state index in [2.05, 4.69) is 30.2 Å². The number of rotatable bonds is 10. The van der Waals surface area contributed by atoms with Gasteiger partial charge < -0.3 is 30.2 Å². The predicted molar refractivity (Wildman–Crippen MR) is 183 cm³/mol. The first-order chi connectivity index (χ1) is 21.3. The minimum absolute atomic E-state index is 0.0314. The lowest BCUT2D eigenvalue weighted by Crippen LogP contribution is -2.47. The van der Waals surface area contributed by atoms with Gasteiger partial charge in [-0.05, 0) is 105 Å². The van der Waals surface area contributed by atoms with Crippen molar-refractivity contribution < 1.29 is 9.59 Å². The van der Waals surface area contributed by atoms with Crippen LogP contribution in [-0.4, -0.2) is 75.2 Å². The number of carbonyl (C=O) groups is 2. The molecule has 240 valence electrons. The van der Waals surface area contributed by atoms with Crippen molar-refractivity contribution in [2.24, 2.45) is 11.8 Å². The van der Waals surface area contributed by atoms with Crippen LogP contribution in [0.25, 0.3) is 0 Å². The first-order valence-electron chi connectivity index (χ1n) is 17.0. The molecule has 4 amide bonds. The van der Waals surface area contributed by atoms with E-state index in [9.17, 15) is 9.59 Å². The Balaban J connectivity index is 1.22. The fourth-order valence-corrected chi connectivity index (χ4v) is 7.59. The maximum Gasteiger partial charge on any atom is 0.322 e. The van der Waals surface area contributed by atoms with Crippen molar-refractivity contribution in [3.05, 3.63) is 48.5 Å². The van der Waals surface area contributed by atoms with Crippen molar-refractivity contribution in [3.8, 4) is 0 Å². The molecule has 0 radical (unpaired) electrons. The molecule has 2 N–H and O–H groups in total. The topological polar surface area (TPSA) is 71.2 Å². The van der Waals surface area contributed by atoms with E-state index in [1.807, 2.05) is 76.7 Å². The van der Waals surface area contributed by atoms with Crippen LogP contribution in [0.4, 0.5) is 32.3 Å². The van der Waals surface area contributed by atoms with Crippen LogP contribution < -0.4 is 20.4 Å². The molecule has 3 aliphatic rings. The Morgan fingerprint density at radius 1 is 0.568 bits per heavy atom. The number of nitrogens with zero attached hydrogens (tertiary/aromatic N) is 4. The normalized spacial score (nSPS) is 20.7. The van der Waals surface area contributed by atoms with Crippen molar-refractivity contribution >= 4 is 34.8 Å². The molecule has 3 aliphatic carbocycles. The number of urea groups is 2. The highest BCUT2D eigenvalue weighted by molar-refractivity contribution is 5.90. The minimum atomic E-state index is 0.0314. The second-order valence-electron chi connectivity index (χ2n) is 13.8. The Morgan fingerprint density at radius 2 is 0.932 bits per heavy atom. The van der Waals surface area contributed by atoms with Gasteiger partial charge in [0.2, 0.25) is 0 Å². The van der Waals surface area contributed by atoms with Crippen LogP contribution in [0.5, 0.6) is 0 Å². The van der Waals surface area contributed by atoms with Crippen LogP contribution in [0.3, 0.4) is 0 Å². The monoisotopic (exact) mass is 602 g/mol. The van der Waals surface area contributed by atoms with Crippen LogP contribution in [0.15, 0.2) is 48.5 Å². The summed E-state index contributed by atoms with van der Waals surface area (Å²) >= 11 is 0. The first-order valence-corrected chi connectivity index (χ1v) is 17.0. The highest BCUT2D eigenvalue weighted by atomic mass is 16.2. The zero-order valence-corrected chi connectivity index (χ0v) is 27.4. The van der Waals surface area contributed by atoms with E-state index in [0.717, 1.165) is 87.2 Å². The summed E-state index contributed by atoms with van der Waals surface area (Å²) in [4.78, 5) is 35.8. The maximum atomic E-state index is 13.7. The van der Waals surface area contributed by atoms with E-state index in [0.29, 0.717) is 23.9 Å². The summed E-state index contributed by atoms with van der Waals surface area (Å²) in [7, 11) is 8.10. The van der Waals surface area contributed by atoms with Gasteiger partial charge in [0.15, 0.2) is 0 Å². The van der Waals surface area contributed by atoms with Gasteiger partial charge in [-0.15, -0.1) is 0 Å².